The van der Waals surface area contributed by atoms with Crippen molar-refractivity contribution in [3.05, 3.63) is 42.0 Å². The highest BCUT2D eigenvalue weighted by Crippen LogP contribution is 2.24. The molecule has 0 bridgehead atoms. The lowest BCUT2D eigenvalue weighted by Gasteiger charge is -2.08. The average Bonchev–Trinajstić information content (AvgIpc) is 3.09. The van der Waals surface area contributed by atoms with E-state index in [0.29, 0.717) is 0 Å². The van der Waals surface area contributed by atoms with Gasteiger partial charge in [0, 0.05) is 39.1 Å². The first kappa shape index (κ1) is 10.7. The number of hydrogen-bond acceptors (Lipinski definition) is 3. The first-order chi connectivity index (χ1) is 7.77. The van der Waals surface area contributed by atoms with Crippen LogP contribution in [0, 0.1) is 0 Å². The predicted octanol–water partition coefficient (Wildman–Crippen LogP) is 1.89. The lowest BCUT2D eigenvalue weighted by atomic mass is 10.1. The van der Waals surface area contributed by atoms with Gasteiger partial charge in [-0.15, -0.1) is 0 Å². The molecule has 1 aliphatic rings. The molecule has 0 aliphatic carbocycles. The van der Waals surface area contributed by atoms with Gasteiger partial charge in [-0.25, -0.2) is 0 Å². The number of nitrogens with zero attached hydrogens (tertiary/aromatic N) is 3. The van der Waals surface area contributed by atoms with E-state index in [9.17, 15) is 0 Å². The van der Waals surface area contributed by atoms with E-state index in [1.54, 1.807) is 5.01 Å². The molecule has 1 fully saturated rings. The zero-order chi connectivity index (χ0) is 11.4. The first-order valence-electron chi connectivity index (χ1n) is 5.49. The molecular weight excluding hydrogens is 198 g/mol. The molecule has 2 rings (SSSR count). The van der Waals surface area contributed by atoms with Gasteiger partial charge in [-0.3, -0.25) is 0 Å². The zero-order valence-corrected chi connectivity index (χ0v) is 9.80. The van der Waals surface area contributed by atoms with Crippen LogP contribution in [-0.2, 0) is 0 Å². The minimum atomic E-state index is 1.15. The zero-order valence-electron chi connectivity index (χ0n) is 9.80. The van der Waals surface area contributed by atoms with E-state index < -0.39 is 0 Å². The Morgan fingerprint density at radius 2 is 1.94 bits per heavy atom. The summed E-state index contributed by atoms with van der Waals surface area (Å²) in [7, 11) is 3.84. The molecule has 0 N–H and O–H groups in total. The Morgan fingerprint density at radius 3 is 2.50 bits per heavy atom. The number of allylic oxidation sites excluding steroid dienone is 1. The summed E-state index contributed by atoms with van der Waals surface area (Å²) < 4.78 is 0. The molecule has 84 valence electrons. The van der Waals surface area contributed by atoms with E-state index >= 15 is 0 Å². The van der Waals surface area contributed by atoms with Crippen LogP contribution in [0.2, 0.25) is 0 Å². The van der Waals surface area contributed by atoms with Crippen molar-refractivity contribution in [1.29, 1.82) is 0 Å². The van der Waals surface area contributed by atoms with Gasteiger partial charge in [-0.2, -0.15) is 5.10 Å². The standard InChI is InChI=1S/C13H17N3/c1-15(2)14-9-8-13(16-10-11-16)12-6-4-3-5-7-12/h3-9H,10-11H2,1-2H3/b13-8+,14-9+. The maximum Gasteiger partial charge on any atom is 0.0491 e. The van der Waals surface area contributed by atoms with Crippen molar-refractivity contribution in [1.82, 2.24) is 9.91 Å². The van der Waals surface area contributed by atoms with Crippen LogP contribution in [0.25, 0.3) is 5.70 Å². The monoisotopic (exact) mass is 215 g/mol. The Bertz CT molecular complexity index is 389. The molecule has 0 atom stereocenters. The van der Waals surface area contributed by atoms with Gasteiger partial charge in [0.15, 0.2) is 0 Å². The quantitative estimate of drug-likeness (QED) is 0.434. The second kappa shape index (κ2) is 4.84. The van der Waals surface area contributed by atoms with Crippen molar-refractivity contribution in [2.24, 2.45) is 5.10 Å². The van der Waals surface area contributed by atoms with Gasteiger partial charge in [-0.05, 0) is 11.6 Å². The molecule has 0 aromatic heterocycles. The Kier molecular flexibility index (Phi) is 3.25. The number of hydrogen-bond donors (Lipinski definition) is 0. The van der Waals surface area contributed by atoms with Crippen molar-refractivity contribution in [3.63, 3.8) is 0 Å². The Morgan fingerprint density at radius 1 is 1.25 bits per heavy atom. The maximum atomic E-state index is 4.21. The van der Waals surface area contributed by atoms with Crippen LogP contribution in [0.5, 0.6) is 0 Å². The minimum Gasteiger partial charge on any atom is -0.367 e. The van der Waals surface area contributed by atoms with Crippen LogP contribution in [0.1, 0.15) is 5.56 Å². The van der Waals surface area contributed by atoms with Crippen LogP contribution in [0.3, 0.4) is 0 Å². The van der Waals surface area contributed by atoms with Gasteiger partial charge < -0.3 is 9.91 Å². The van der Waals surface area contributed by atoms with Crippen LogP contribution >= 0.6 is 0 Å². The molecule has 1 heterocycles. The molecule has 0 amide bonds. The smallest absolute Gasteiger partial charge is 0.0491 e. The summed E-state index contributed by atoms with van der Waals surface area (Å²) in [4.78, 5) is 2.33. The van der Waals surface area contributed by atoms with Gasteiger partial charge in [0.1, 0.15) is 0 Å². The maximum absolute atomic E-state index is 4.21. The van der Waals surface area contributed by atoms with Crippen LogP contribution < -0.4 is 0 Å². The summed E-state index contributed by atoms with van der Waals surface area (Å²) in [6.07, 6.45) is 3.92. The lowest BCUT2D eigenvalue weighted by molar-refractivity contribution is 0.440. The SMILES string of the molecule is CN(C)/N=C/C=C(\c1ccccc1)N1CC1. The highest BCUT2D eigenvalue weighted by molar-refractivity contribution is 5.84. The summed E-state index contributed by atoms with van der Waals surface area (Å²) in [5.41, 5.74) is 2.51. The van der Waals surface area contributed by atoms with Crippen LogP contribution in [-0.4, -0.2) is 43.3 Å². The third-order valence-corrected chi connectivity index (χ3v) is 2.39. The molecular formula is C13H17N3. The molecule has 1 aliphatic heterocycles. The van der Waals surface area contributed by atoms with Gasteiger partial charge in [-0.1, -0.05) is 30.3 Å². The van der Waals surface area contributed by atoms with Gasteiger partial charge in [0.05, 0.1) is 0 Å². The van der Waals surface area contributed by atoms with E-state index in [-0.39, 0.29) is 0 Å². The normalized spacial score (nSPS) is 15.6. The van der Waals surface area contributed by atoms with E-state index in [1.807, 2.05) is 26.4 Å². The van der Waals surface area contributed by atoms with Crippen molar-refractivity contribution in [3.8, 4) is 0 Å². The molecule has 16 heavy (non-hydrogen) atoms. The third-order valence-electron chi connectivity index (χ3n) is 2.39. The molecule has 3 nitrogen and oxygen atoms in total. The summed E-state index contributed by atoms with van der Waals surface area (Å²) in [6.45, 7) is 2.30. The van der Waals surface area contributed by atoms with Gasteiger partial charge in [0.2, 0.25) is 0 Å². The molecule has 0 spiro atoms. The van der Waals surface area contributed by atoms with Crippen molar-refractivity contribution >= 4 is 11.9 Å². The third kappa shape index (κ3) is 2.86. The number of rotatable bonds is 4. The summed E-state index contributed by atoms with van der Waals surface area (Å²) in [5, 5.41) is 6.00. The largest absolute Gasteiger partial charge is 0.367 e. The van der Waals surface area contributed by atoms with Crippen molar-refractivity contribution in [2.45, 2.75) is 0 Å². The Labute approximate surface area is 96.7 Å². The fourth-order valence-electron chi connectivity index (χ4n) is 1.52. The van der Waals surface area contributed by atoms with Gasteiger partial charge in [0.25, 0.3) is 0 Å². The van der Waals surface area contributed by atoms with Crippen LogP contribution in [0.15, 0.2) is 41.5 Å². The predicted molar refractivity (Wildman–Crippen MR) is 68.2 cm³/mol. The highest BCUT2D eigenvalue weighted by Gasteiger charge is 2.20. The molecule has 0 radical (unpaired) electrons. The highest BCUT2D eigenvalue weighted by atomic mass is 15.4. The van der Waals surface area contributed by atoms with E-state index in [1.165, 1.54) is 11.3 Å². The molecule has 1 aromatic rings. The summed E-state index contributed by atoms with van der Waals surface area (Å²) in [5.74, 6) is 0. The topological polar surface area (TPSA) is 18.6 Å². The fourth-order valence-corrected chi connectivity index (χ4v) is 1.52. The van der Waals surface area contributed by atoms with Crippen molar-refractivity contribution in [2.75, 3.05) is 27.2 Å². The van der Waals surface area contributed by atoms with E-state index in [2.05, 4.69) is 40.3 Å². The molecule has 1 aromatic carbocycles. The Hall–Kier alpha value is -1.77. The van der Waals surface area contributed by atoms with Gasteiger partial charge >= 0.3 is 0 Å². The molecule has 1 saturated heterocycles. The second-order valence-corrected chi connectivity index (χ2v) is 4.02. The molecule has 0 unspecified atom stereocenters. The average molecular weight is 215 g/mol. The summed E-state index contributed by atoms with van der Waals surface area (Å²) in [6, 6.07) is 10.4. The van der Waals surface area contributed by atoms with E-state index in [4.69, 9.17) is 0 Å². The molecule has 0 saturated carbocycles. The minimum absolute atomic E-state index is 1.15. The van der Waals surface area contributed by atoms with Crippen molar-refractivity contribution < 1.29 is 0 Å². The number of benzene rings is 1. The van der Waals surface area contributed by atoms with Crippen LogP contribution in [0.4, 0.5) is 0 Å². The molecule has 3 heteroatoms. The Balaban J connectivity index is 2.18. The summed E-state index contributed by atoms with van der Waals surface area (Å²) >= 11 is 0. The fraction of sp³-hybridized carbons (Fsp3) is 0.308. The number of hydrazone groups is 1. The second-order valence-electron chi connectivity index (χ2n) is 4.02. The lowest BCUT2D eigenvalue weighted by Crippen LogP contribution is -2.02. The van der Waals surface area contributed by atoms with E-state index in [0.717, 1.165) is 13.1 Å². The first-order valence-corrected chi connectivity index (χ1v) is 5.49.